The molecule has 0 aromatic heterocycles. The Bertz CT molecular complexity index is 764. The molecule has 1 aromatic carbocycles. The highest BCUT2D eigenvalue weighted by Gasteiger charge is 2.27. The third-order valence-electron chi connectivity index (χ3n) is 4.69. The minimum Gasteiger partial charge on any atom is -0.496 e. The van der Waals surface area contributed by atoms with Gasteiger partial charge in [-0.15, -0.1) is 0 Å². The maximum Gasteiger partial charge on any atom is 0.255 e. The van der Waals surface area contributed by atoms with E-state index in [1.165, 1.54) is 26.3 Å². The van der Waals surface area contributed by atoms with Gasteiger partial charge in [-0.1, -0.05) is 18.5 Å². The number of anilines is 1. The van der Waals surface area contributed by atoms with Gasteiger partial charge < -0.3 is 15.4 Å². The van der Waals surface area contributed by atoms with E-state index in [1.807, 2.05) is 6.92 Å². The number of hydrogen-bond donors (Lipinski definition) is 2. The van der Waals surface area contributed by atoms with Crippen molar-refractivity contribution in [1.82, 2.24) is 10.6 Å². The summed E-state index contributed by atoms with van der Waals surface area (Å²) in [6.45, 7) is 2.97. The van der Waals surface area contributed by atoms with Crippen LogP contribution < -0.4 is 19.7 Å². The van der Waals surface area contributed by atoms with Crippen LogP contribution in [-0.2, 0) is 10.0 Å². The molecule has 26 heavy (non-hydrogen) atoms. The molecule has 0 aliphatic carbocycles. The average Bonchev–Trinajstić information content (AvgIpc) is 3.12. The van der Waals surface area contributed by atoms with Crippen LogP contribution in [0.1, 0.15) is 36.5 Å². The van der Waals surface area contributed by atoms with Gasteiger partial charge in [0.05, 0.1) is 29.6 Å². The summed E-state index contributed by atoms with van der Waals surface area (Å²) in [5.74, 6) is -0.0189. The lowest BCUT2D eigenvalue weighted by Gasteiger charge is -2.25. The van der Waals surface area contributed by atoms with Crippen LogP contribution in [0.4, 0.5) is 5.69 Å². The first-order chi connectivity index (χ1) is 12.2. The van der Waals surface area contributed by atoms with Gasteiger partial charge in [-0.25, -0.2) is 8.42 Å². The maximum absolute atomic E-state index is 12.9. The summed E-state index contributed by atoms with van der Waals surface area (Å²) >= 11 is 6.19. The number of carbonyl (C=O) groups is 1. The van der Waals surface area contributed by atoms with Crippen molar-refractivity contribution < 1.29 is 17.9 Å². The predicted molar refractivity (Wildman–Crippen MR) is 104 cm³/mol. The summed E-state index contributed by atoms with van der Waals surface area (Å²) in [5, 5.41) is 6.62. The Hall–Kier alpha value is -1.51. The predicted octanol–water partition coefficient (Wildman–Crippen LogP) is 2.00. The molecule has 1 heterocycles. The summed E-state index contributed by atoms with van der Waals surface area (Å²) in [4.78, 5) is 12.9. The van der Waals surface area contributed by atoms with E-state index < -0.39 is 10.0 Å². The average molecular weight is 404 g/mol. The van der Waals surface area contributed by atoms with Gasteiger partial charge in [0.15, 0.2) is 0 Å². The van der Waals surface area contributed by atoms with Crippen LogP contribution >= 0.6 is 11.6 Å². The van der Waals surface area contributed by atoms with Crippen molar-refractivity contribution in [2.24, 2.45) is 0 Å². The highest BCUT2D eigenvalue weighted by atomic mass is 35.5. The molecule has 9 heteroatoms. The highest BCUT2D eigenvalue weighted by Crippen LogP contribution is 2.34. The van der Waals surface area contributed by atoms with E-state index in [4.69, 9.17) is 16.3 Å². The number of amides is 1. The molecule has 1 saturated heterocycles. The number of hydrogen-bond acceptors (Lipinski definition) is 5. The molecule has 1 fully saturated rings. The van der Waals surface area contributed by atoms with Crippen molar-refractivity contribution in [3.05, 3.63) is 22.7 Å². The second-order valence-corrected chi connectivity index (χ2v) is 8.85. The lowest BCUT2D eigenvalue weighted by atomic mass is 10.0. The van der Waals surface area contributed by atoms with E-state index in [2.05, 4.69) is 10.6 Å². The molecule has 1 aromatic rings. The first-order valence-corrected chi connectivity index (χ1v) is 10.8. The van der Waals surface area contributed by atoms with E-state index in [1.54, 1.807) is 0 Å². The molecule has 2 unspecified atom stereocenters. The molecule has 0 bridgehead atoms. The van der Waals surface area contributed by atoms with Crippen molar-refractivity contribution in [2.75, 3.05) is 31.3 Å². The fourth-order valence-electron chi connectivity index (χ4n) is 3.10. The van der Waals surface area contributed by atoms with E-state index in [-0.39, 0.29) is 34.3 Å². The zero-order valence-electron chi connectivity index (χ0n) is 15.5. The highest BCUT2D eigenvalue weighted by molar-refractivity contribution is 7.92. The topological polar surface area (TPSA) is 87.7 Å². The Kier molecular flexibility index (Phi) is 6.76. The first-order valence-electron chi connectivity index (χ1n) is 8.54. The third kappa shape index (κ3) is 4.61. The Balaban J connectivity index is 2.35. The number of sulfonamides is 1. The maximum atomic E-state index is 12.9. The Labute approximate surface area is 160 Å². The molecule has 1 amide bonds. The number of ether oxygens (including phenoxy) is 1. The Morgan fingerprint density at radius 3 is 2.69 bits per heavy atom. The molecule has 0 spiro atoms. The van der Waals surface area contributed by atoms with Gasteiger partial charge in [-0.3, -0.25) is 9.10 Å². The Morgan fingerprint density at radius 2 is 2.19 bits per heavy atom. The third-order valence-corrected chi connectivity index (χ3v) is 6.19. The number of benzene rings is 1. The van der Waals surface area contributed by atoms with E-state index in [0.717, 1.165) is 36.4 Å². The number of rotatable bonds is 7. The molecule has 2 atom stereocenters. The fraction of sp³-hybridized carbons (Fsp3) is 0.588. The normalized spacial score (nSPS) is 18.4. The lowest BCUT2D eigenvalue weighted by molar-refractivity contribution is 0.0924. The number of methoxy groups -OCH3 is 1. The van der Waals surface area contributed by atoms with Crippen molar-refractivity contribution >= 4 is 33.2 Å². The molecule has 1 aliphatic rings. The summed E-state index contributed by atoms with van der Waals surface area (Å²) in [5.41, 5.74) is 0.478. The largest absolute Gasteiger partial charge is 0.496 e. The number of carbonyl (C=O) groups excluding carboxylic acids is 1. The van der Waals surface area contributed by atoms with Crippen molar-refractivity contribution in [2.45, 2.75) is 38.3 Å². The van der Waals surface area contributed by atoms with Gasteiger partial charge in [0.1, 0.15) is 5.75 Å². The number of nitrogens with one attached hydrogen (secondary N) is 2. The van der Waals surface area contributed by atoms with E-state index >= 15 is 0 Å². The molecular weight excluding hydrogens is 378 g/mol. The minimum atomic E-state index is -3.51. The summed E-state index contributed by atoms with van der Waals surface area (Å²) < 4.78 is 30.0. The minimum absolute atomic E-state index is 0.0125. The van der Waals surface area contributed by atoms with Crippen LogP contribution in [0.5, 0.6) is 5.75 Å². The van der Waals surface area contributed by atoms with Crippen molar-refractivity contribution in [1.29, 1.82) is 0 Å². The van der Waals surface area contributed by atoms with E-state index in [9.17, 15) is 13.2 Å². The number of halogens is 1. The van der Waals surface area contributed by atoms with Crippen LogP contribution in [0.3, 0.4) is 0 Å². The second kappa shape index (κ2) is 8.45. The first kappa shape index (κ1) is 20.8. The monoisotopic (exact) mass is 403 g/mol. The van der Waals surface area contributed by atoms with Gasteiger partial charge in [-0.2, -0.15) is 0 Å². The van der Waals surface area contributed by atoms with Crippen molar-refractivity contribution in [3.63, 3.8) is 0 Å². The molecule has 2 rings (SSSR count). The van der Waals surface area contributed by atoms with Crippen LogP contribution in [0, 0.1) is 0 Å². The van der Waals surface area contributed by atoms with Crippen LogP contribution in [-0.4, -0.2) is 53.4 Å². The quantitative estimate of drug-likeness (QED) is 0.727. The molecule has 0 saturated carbocycles. The van der Waals surface area contributed by atoms with E-state index in [0.29, 0.717) is 5.75 Å². The number of nitrogens with zero attached hydrogens (tertiary/aromatic N) is 1. The lowest BCUT2D eigenvalue weighted by Crippen LogP contribution is -2.47. The Morgan fingerprint density at radius 1 is 1.50 bits per heavy atom. The van der Waals surface area contributed by atoms with Gasteiger partial charge in [0.2, 0.25) is 10.0 Å². The van der Waals surface area contributed by atoms with Crippen molar-refractivity contribution in [3.8, 4) is 5.75 Å². The second-order valence-electron chi connectivity index (χ2n) is 6.43. The standard InChI is InChI=1S/C17H26ClN3O4S/c1-5-13(14-7-6-8-19-14)20-17(22)11-9-15(21(2)26(4,23)24)12(18)10-16(11)25-3/h9-10,13-14,19H,5-8H2,1-4H3,(H,20,22). The molecule has 7 nitrogen and oxygen atoms in total. The molecule has 146 valence electrons. The molecular formula is C17H26ClN3O4S. The van der Waals surface area contributed by atoms with Gasteiger partial charge >= 0.3 is 0 Å². The summed E-state index contributed by atoms with van der Waals surface area (Å²) in [7, 11) is -0.681. The van der Waals surface area contributed by atoms with Gasteiger partial charge in [0.25, 0.3) is 5.91 Å². The molecule has 1 aliphatic heterocycles. The molecule has 2 N–H and O–H groups in total. The van der Waals surface area contributed by atoms with Gasteiger partial charge in [-0.05, 0) is 31.9 Å². The SMILES string of the molecule is CCC(NC(=O)c1cc(N(C)S(C)(=O)=O)c(Cl)cc1OC)C1CCCN1. The zero-order valence-corrected chi connectivity index (χ0v) is 17.1. The molecule has 0 radical (unpaired) electrons. The smallest absolute Gasteiger partial charge is 0.255 e. The van der Waals surface area contributed by atoms with Crippen LogP contribution in [0.25, 0.3) is 0 Å². The zero-order chi connectivity index (χ0) is 19.5. The summed E-state index contributed by atoms with van der Waals surface area (Å²) in [6.07, 6.45) is 3.96. The van der Waals surface area contributed by atoms with Crippen LogP contribution in [0.2, 0.25) is 5.02 Å². The fourth-order valence-corrected chi connectivity index (χ4v) is 3.94. The van der Waals surface area contributed by atoms with Crippen LogP contribution in [0.15, 0.2) is 12.1 Å². The summed E-state index contributed by atoms with van der Waals surface area (Å²) in [6, 6.07) is 3.14. The van der Waals surface area contributed by atoms with Gasteiger partial charge in [0, 0.05) is 25.2 Å².